The summed E-state index contributed by atoms with van der Waals surface area (Å²) >= 11 is 6.00. The van der Waals surface area contributed by atoms with Crippen LogP contribution in [0.25, 0.3) is 11.3 Å². The number of imidazole rings is 1. The number of nitrogens with zero attached hydrogens (tertiary/aromatic N) is 2. The summed E-state index contributed by atoms with van der Waals surface area (Å²) in [4.78, 5) is 4.50. The molecular weight excluding hydrogens is 334 g/mol. The highest BCUT2D eigenvalue weighted by Crippen LogP contribution is 2.26. The molecule has 25 heavy (non-hydrogen) atoms. The highest BCUT2D eigenvalue weighted by atomic mass is 35.5. The molecule has 0 bridgehead atoms. The maximum Gasteiger partial charge on any atom is 0.135 e. The van der Waals surface area contributed by atoms with Crippen molar-refractivity contribution in [1.82, 2.24) is 14.9 Å². The number of benzene rings is 2. The predicted molar refractivity (Wildman–Crippen MR) is 99.4 cm³/mol. The fraction of sp³-hybridized carbons (Fsp3) is 0.250. The number of ether oxygens (including phenoxy) is 1. The largest absolute Gasteiger partial charge is 0.367 e. The Morgan fingerprint density at radius 3 is 2.72 bits per heavy atom. The van der Waals surface area contributed by atoms with Crippen LogP contribution in [0.1, 0.15) is 11.4 Å². The third kappa shape index (κ3) is 3.76. The van der Waals surface area contributed by atoms with Gasteiger partial charge in [0.25, 0.3) is 0 Å². The average molecular weight is 354 g/mol. The minimum atomic E-state index is 0.136. The van der Waals surface area contributed by atoms with Gasteiger partial charge in [0.05, 0.1) is 24.5 Å². The molecule has 128 valence electrons. The highest BCUT2D eigenvalue weighted by molar-refractivity contribution is 6.30. The van der Waals surface area contributed by atoms with Gasteiger partial charge in [0.15, 0.2) is 0 Å². The molecule has 3 aromatic rings. The smallest absolute Gasteiger partial charge is 0.135 e. The van der Waals surface area contributed by atoms with Gasteiger partial charge in [0.1, 0.15) is 12.4 Å². The molecule has 0 fully saturated rings. The molecule has 0 amide bonds. The van der Waals surface area contributed by atoms with Crippen LogP contribution in [0.5, 0.6) is 0 Å². The molecule has 1 aliphatic rings. The van der Waals surface area contributed by atoms with Crippen LogP contribution in [0.4, 0.5) is 0 Å². The normalized spacial score (nSPS) is 16.6. The van der Waals surface area contributed by atoms with Crippen LogP contribution in [-0.2, 0) is 24.4 Å². The molecular formula is C20H20ClN3O. The molecule has 2 aromatic carbocycles. The van der Waals surface area contributed by atoms with E-state index in [9.17, 15) is 0 Å². The van der Waals surface area contributed by atoms with E-state index in [-0.39, 0.29) is 6.10 Å². The highest BCUT2D eigenvalue weighted by Gasteiger charge is 2.22. The Bertz CT molecular complexity index is 830. The predicted octanol–water partition coefficient (Wildman–Crippen LogP) is 3.89. The molecule has 4 rings (SSSR count). The van der Waals surface area contributed by atoms with Gasteiger partial charge < -0.3 is 14.6 Å². The van der Waals surface area contributed by atoms with Gasteiger partial charge in [-0.2, -0.15) is 0 Å². The van der Waals surface area contributed by atoms with Crippen LogP contribution in [-0.4, -0.2) is 22.2 Å². The van der Waals surface area contributed by atoms with E-state index in [1.54, 1.807) is 0 Å². The third-order valence-corrected chi connectivity index (χ3v) is 4.71. The lowest BCUT2D eigenvalue weighted by Gasteiger charge is -2.26. The summed E-state index contributed by atoms with van der Waals surface area (Å²) in [7, 11) is 0. The van der Waals surface area contributed by atoms with E-state index in [0.29, 0.717) is 6.61 Å². The van der Waals surface area contributed by atoms with Gasteiger partial charge in [-0.25, -0.2) is 4.98 Å². The second kappa shape index (κ2) is 7.40. The summed E-state index contributed by atoms with van der Waals surface area (Å²) in [6, 6.07) is 18.3. The lowest BCUT2D eigenvalue weighted by atomic mass is 10.1. The van der Waals surface area contributed by atoms with Crippen molar-refractivity contribution in [3.8, 4) is 11.3 Å². The number of hydrogen-bond donors (Lipinski definition) is 1. The number of hydrogen-bond acceptors (Lipinski definition) is 3. The zero-order valence-corrected chi connectivity index (χ0v) is 14.6. The number of rotatable bonds is 5. The van der Waals surface area contributed by atoms with Crippen molar-refractivity contribution in [2.45, 2.75) is 25.8 Å². The number of nitrogens with one attached hydrogen (secondary N) is 1. The standard InChI is InChI=1S/C20H20ClN3O/c21-17-8-6-16(7-9-17)19-12-23-20-14-25-18(13-24(19)20)11-22-10-15-4-2-1-3-5-15/h1-9,12,18,22H,10-11,13-14H2/t18-/m0/s1. The Hall–Kier alpha value is -2.14. The second-order valence-corrected chi connectivity index (χ2v) is 6.66. The second-order valence-electron chi connectivity index (χ2n) is 6.23. The zero-order chi connectivity index (χ0) is 17.1. The van der Waals surface area contributed by atoms with E-state index in [4.69, 9.17) is 16.3 Å². The third-order valence-electron chi connectivity index (χ3n) is 4.46. The van der Waals surface area contributed by atoms with Gasteiger partial charge in [-0.05, 0) is 23.3 Å². The van der Waals surface area contributed by atoms with E-state index >= 15 is 0 Å². The Morgan fingerprint density at radius 2 is 1.92 bits per heavy atom. The van der Waals surface area contributed by atoms with Crippen molar-refractivity contribution in [3.05, 3.63) is 77.2 Å². The maximum atomic E-state index is 6.00. The Morgan fingerprint density at radius 1 is 1.12 bits per heavy atom. The van der Waals surface area contributed by atoms with Gasteiger partial charge in [0.2, 0.25) is 0 Å². The molecule has 4 nitrogen and oxygen atoms in total. The first-order valence-corrected chi connectivity index (χ1v) is 8.84. The molecule has 0 radical (unpaired) electrons. The Labute approximate surface area is 152 Å². The lowest BCUT2D eigenvalue weighted by molar-refractivity contribution is 0.00326. The topological polar surface area (TPSA) is 39.1 Å². The van der Waals surface area contributed by atoms with Crippen LogP contribution >= 0.6 is 11.6 Å². The first-order valence-electron chi connectivity index (χ1n) is 8.46. The van der Waals surface area contributed by atoms with Gasteiger partial charge >= 0.3 is 0 Å². The van der Waals surface area contributed by atoms with Crippen LogP contribution in [0, 0.1) is 0 Å². The number of halogens is 1. The van der Waals surface area contributed by atoms with Gasteiger partial charge in [-0.15, -0.1) is 0 Å². The van der Waals surface area contributed by atoms with Crippen LogP contribution in [0.2, 0.25) is 5.02 Å². The minimum absolute atomic E-state index is 0.136. The van der Waals surface area contributed by atoms with Crippen molar-refractivity contribution < 1.29 is 4.74 Å². The zero-order valence-electron chi connectivity index (χ0n) is 13.9. The molecule has 2 heterocycles. The summed E-state index contributed by atoms with van der Waals surface area (Å²) in [5, 5.41) is 4.23. The first-order chi connectivity index (χ1) is 12.3. The van der Waals surface area contributed by atoms with E-state index in [1.807, 2.05) is 36.5 Å². The molecule has 0 aliphatic carbocycles. The summed E-state index contributed by atoms with van der Waals surface area (Å²) in [6.45, 7) is 3.01. The number of fused-ring (bicyclic) bond motifs is 1. The lowest BCUT2D eigenvalue weighted by Crippen LogP contribution is -2.36. The number of aromatic nitrogens is 2. The molecule has 1 aliphatic heterocycles. The summed E-state index contributed by atoms with van der Waals surface area (Å²) in [5.74, 6) is 0.976. The quantitative estimate of drug-likeness (QED) is 0.756. The molecule has 1 aromatic heterocycles. The summed E-state index contributed by atoms with van der Waals surface area (Å²) < 4.78 is 8.20. The van der Waals surface area contributed by atoms with Crippen molar-refractivity contribution in [3.63, 3.8) is 0 Å². The van der Waals surface area contributed by atoms with Gasteiger partial charge in [0, 0.05) is 18.1 Å². The minimum Gasteiger partial charge on any atom is -0.367 e. The van der Waals surface area contributed by atoms with Gasteiger partial charge in [-0.1, -0.05) is 54.1 Å². The first kappa shape index (κ1) is 16.3. The van der Waals surface area contributed by atoms with Crippen LogP contribution < -0.4 is 5.32 Å². The molecule has 5 heteroatoms. The molecule has 0 spiro atoms. The molecule has 0 saturated heterocycles. The van der Waals surface area contributed by atoms with Crippen molar-refractivity contribution >= 4 is 11.6 Å². The Kier molecular flexibility index (Phi) is 4.83. The maximum absolute atomic E-state index is 6.00. The average Bonchev–Trinajstić information content (AvgIpc) is 3.07. The van der Waals surface area contributed by atoms with E-state index in [0.717, 1.165) is 41.7 Å². The molecule has 1 atom stereocenters. The SMILES string of the molecule is Clc1ccc(-c2cnc3n2C[C@H](CNCc2ccccc2)OC3)cc1. The van der Waals surface area contributed by atoms with E-state index in [1.165, 1.54) is 5.56 Å². The van der Waals surface area contributed by atoms with Crippen LogP contribution in [0.15, 0.2) is 60.8 Å². The monoisotopic (exact) mass is 353 g/mol. The molecule has 0 saturated carbocycles. The molecule has 1 N–H and O–H groups in total. The Balaban J connectivity index is 1.42. The van der Waals surface area contributed by atoms with E-state index in [2.05, 4.69) is 39.1 Å². The summed E-state index contributed by atoms with van der Waals surface area (Å²) in [6.07, 6.45) is 2.05. The van der Waals surface area contributed by atoms with Crippen molar-refractivity contribution in [2.75, 3.05) is 6.54 Å². The fourth-order valence-electron chi connectivity index (χ4n) is 3.13. The molecule has 0 unspecified atom stereocenters. The van der Waals surface area contributed by atoms with Crippen molar-refractivity contribution in [2.24, 2.45) is 0 Å². The fourth-order valence-corrected chi connectivity index (χ4v) is 3.26. The van der Waals surface area contributed by atoms with Gasteiger partial charge in [-0.3, -0.25) is 0 Å². The summed E-state index contributed by atoms with van der Waals surface area (Å²) in [5.41, 5.74) is 3.52. The van der Waals surface area contributed by atoms with E-state index < -0.39 is 0 Å². The van der Waals surface area contributed by atoms with Crippen molar-refractivity contribution in [1.29, 1.82) is 0 Å². The van der Waals surface area contributed by atoms with Crippen LogP contribution in [0.3, 0.4) is 0 Å².